The predicted octanol–water partition coefficient (Wildman–Crippen LogP) is 9.11. The number of hydrogen-bond acceptors (Lipinski definition) is 2. The van der Waals surface area contributed by atoms with E-state index >= 15 is 4.39 Å². The Bertz CT molecular complexity index is 995. The summed E-state index contributed by atoms with van der Waals surface area (Å²) in [6.07, 6.45) is 9.65. The molecule has 0 radical (unpaired) electrons. The maximum absolute atomic E-state index is 15.3. The number of amides is 1. The van der Waals surface area contributed by atoms with Gasteiger partial charge in [-0.2, -0.15) is 0 Å². The highest BCUT2D eigenvalue weighted by Crippen LogP contribution is 2.60. The smallest absolute Gasteiger partial charge is 0.249 e. The lowest BCUT2D eigenvalue weighted by atomic mass is 9.79. The number of piperidine rings is 1. The molecule has 1 amide bonds. The van der Waals surface area contributed by atoms with Crippen molar-refractivity contribution in [3.63, 3.8) is 0 Å². The number of ether oxygens (including phenoxy) is 1. The Kier molecular flexibility index (Phi) is 11.1. The number of halogens is 2. The SMILES string of the molecule is C=C/C=C(F)\C=C1\OC2(CCN(C(=O)/C(=C/C(F)=C(\CC)C(C)(C)CC)CC)CC2)CP(C(C)C)C1=C. The number of nitrogens with zero attached hydrogens (tertiary/aromatic N) is 1. The number of allylic oxidation sites excluding steroid dienone is 8. The second kappa shape index (κ2) is 13.2. The van der Waals surface area contributed by atoms with Gasteiger partial charge in [0, 0.05) is 49.1 Å². The summed E-state index contributed by atoms with van der Waals surface area (Å²) in [6.45, 7) is 23.2. The average molecular weight is 534 g/mol. The first kappa shape index (κ1) is 31.2. The van der Waals surface area contributed by atoms with Crippen LogP contribution in [0, 0.1) is 5.41 Å². The largest absolute Gasteiger partial charge is 0.486 e. The van der Waals surface area contributed by atoms with E-state index in [1.165, 1.54) is 24.3 Å². The summed E-state index contributed by atoms with van der Waals surface area (Å²) in [5.74, 6) is -0.304. The standard InChI is InChI=1S/C31H46F2NO2P/c1-10-14-25(32)20-28-23(7)37(22(5)6)21-31(36-28)15-17-34(18-16-31)29(35)24(11-2)19-27(33)26(12-3)30(8,9)13-4/h10,14,19-20,22H,1,7,11-13,15-18,21H2,2-6,8-9H3/b24-19+,25-14+,27-26-,28-20+. The molecule has 206 valence electrons. The lowest BCUT2D eigenvalue weighted by molar-refractivity contribution is -0.131. The van der Waals surface area contributed by atoms with Crippen LogP contribution in [0.4, 0.5) is 8.78 Å². The van der Waals surface area contributed by atoms with E-state index in [-0.39, 0.29) is 17.1 Å². The Hall–Kier alpha value is -2.00. The molecule has 2 saturated heterocycles. The third kappa shape index (κ3) is 7.53. The first-order valence-electron chi connectivity index (χ1n) is 13.6. The van der Waals surface area contributed by atoms with Gasteiger partial charge in [-0.05, 0) is 48.1 Å². The molecule has 37 heavy (non-hydrogen) atoms. The lowest BCUT2D eigenvalue weighted by Crippen LogP contribution is -2.51. The minimum Gasteiger partial charge on any atom is -0.486 e. The van der Waals surface area contributed by atoms with E-state index in [4.69, 9.17) is 4.74 Å². The molecule has 2 fully saturated rings. The minimum atomic E-state index is -0.600. The molecule has 0 aromatic carbocycles. The fourth-order valence-corrected chi connectivity index (χ4v) is 7.66. The molecule has 2 heterocycles. The van der Waals surface area contributed by atoms with Crippen LogP contribution in [0.25, 0.3) is 0 Å². The number of carbonyl (C=O) groups is 1. The van der Waals surface area contributed by atoms with Gasteiger partial charge in [0.2, 0.25) is 5.91 Å². The molecule has 2 aliphatic heterocycles. The lowest BCUT2D eigenvalue weighted by Gasteiger charge is -2.49. The van der Waals surface area contributed by atoms with E-state index < -0.39 is 19.3 Å². The van der Waals surface area contributed by atoms with Gasteiger partial charge >= 0.3 is 0 Å². The highest BCUT2D eigenvalue weighted by molar-refractivity contribution is 7.63. The van der Waals surface area contributed by atoms with Crippen LogP contribution >= 0.6 is 7.92 Å². The molecule has 1 unspecified atom stereocenters. The van der Waals surface area contributed by atoms with E-state index in [9.17, 15) is 9.18 Å². The van der Waals surface area contributed by atoms with Crippen molar-refractivity contribution in [1.82, 2.24) is 4.90 Å². The highest BCUT2D eigenvalue weighted by Gasteiger charge is 2.45. The summed E-state index contributed by atoms with van der Waals surface area (Å²) in [7, 11) is -0.600. The van der Waals surface area contributed by atoms with Crippen molar-refractivity contribution in [3.05, 3.63) is 71.3 Å². The van der Waals surface area contributed by atoms with Gasteiger partial charge in [0.15, 0.2) is 0 Å². The molecule has 6 heteroatoms. The zero-order chi connectivity index (χ0) is 28.0. The quantitative estimate of drug-likeness (QED) is 0.168. The predicted molar refractivity (Wildman–Crippen MR) is 154 cm³/mol. The molecule has 1 atom stereocenters. The monoisotopic (exact) mass is 533 g/mol. The van der Waals surface area contributed by atoms with Gasteiger partial charge in [0.1, 0.15) is 23.0 Å². The zero-order valence-electron chi connectivity index (χ0n) is 23.9. The van der Waals surface area contributed by atoms with Gasteiger partial charge < -0.3 is 9.64 Å². The maximum Gasteiger partial charge on any atom is 0.249 e. The normalized spacial score (nSPS) is 22.9. The third-order valence-corrected chi connectivity index (χ3v) is 10.9. The Morgan fingerprint density at radius 3 is 2.30 bits per heavy atom. The molecule has 0 bridgehead atoms. The van der Waals surface area contributed by atoms with Gasteiger partial charge in [0.05, 0.1) is 0 Å². The molecule has 0 aromatic heterocycles. The maximum atomic E-state index is 15.3. The van der Waals surface area contributed by atoms with E-state index in [0.29, 0.717) is 55.8 Å². The molecular formula is C31H46F2NO2P. The van der Waals surface area contributed by atoms with Crippen LogP contribution in [-0.2, 0) is 9.53 Å². The zero-order valence-corrected chi connectivity index (χ0v) is 24.8. The molecule has 1 spiro atoms. The van der Waals surface area contributed by atoms with Gasteiger partial charge in [-0.15, -0.1) is 0 Å². The van der Waals surface area contributed by atoms with Crippen LogP contribution in [0.3, 0.4) is 0 Å². The van der Waals surface area contributed by atoms with Crippen LogP contribution in [0.5, 0.6) is 0 Å². The summed E-state index contributed by atoms with van der Waals surface area (Å²) in [6, 6.07) is 0. The third-order valence-electron chi connectivity index (χ3n) is 7.85. The summed E-state index contributed by atoms with van der Waals surface area (Å²) >= 11 is 0. The molecule has 0 N–H and O–H groups in total. The Morgan fingerprint density at radius 2 is 1.81 bits per heavy atom. The second-order valence-corrected chi connectivity index (χ2v) is 13.8. The van der Waals surface area contributed by atoms with Crippen molar-refractivity contribution in [2.24, 2.45) is 5.41 Å². The Labute approximate surface area is 224 Å². The van der Waals surface area contributed by atoms with E-state index in [0.717, 1.165) is 23.5 Å². The highest BCUT2D eigenvalue weighted by atomic mass is 31.1. The summed E-state index contributed by atoms with van der Waals surface area (Å²) in [5.41, 5.74) is 0.933. The van der Waals surface area contributed by atoms with Crippen LogP contribution in [-0.4, -0.2) is 41.3 Å². The van der Waals surface area contributed by atoms with Gasteiger partial charge in [-0.3, -0.25) is 4.79 Å². The topological polar surface area (TPSA) is 29.5 Å². The van der Waals surface area contributed by atoms with Gasteiger partial charge in [-0.1, -0.05) is 75.6 Å². The van der Waals surface area contributed by atoms with Crippen molar-refractivity contribution in [2.45, 2.75) is 91.8 Å². The first-order chi connectivity index (χ1) is 17.3. The molecule has 2 aliphatic rings. The summed E-state index contributed by atoms with van der Waals surface area (Å²) in [4.78, 5) is 15.2. The number of likely N-dealkylation sites (tertiary alicyclic amines) is 1. The Balaban J connectivity index is 2.27. The molecular weight excluding hydrogens is 487 g/mol. The molecule has 2 rings (SSSR count). The van der Waals surface area contributed by atoms with Crippen molar-refractivity contribution in [1.29, 1.82) is 0 Å². The van der Waals surface area contributed by atoms with Crippen LogP contribution in [0.2, 0.25) is 0 Å². The van der Waals surface area contributed by atoms with E-state index in [2.05, 4.69) is 33.9 Å². The summed E-state index contributed by atoms with van der Waals surface area (Å²) < 4.78 is 36.1. The van der Waals surface area contributed by atoms with Crippen molar-refractivity contribution >= 4 is 13.8 Å². The fraction of sp³-hybridized carbons (Fsp3) is 0.581. The second-order valence-electron chi connectivity index (χ2n) is 11.0. The van der Waals surface area contributed by atoms with Crippen LogP contribution < -0.4 is 0 Å². The van der Waals surface area contributed by atoms with Gasteiger partial charge in [-0.25, -0.2) is 8.78 Å². The Morgan fingerprint density at radius 1 is 1.19 bits per heavy atom. The fourth-order valence-electron chi connectivity index (χ4n) is 5.08. The van der Waals surface area contributed by atoms with Crippen molar-refractivity contribution in [3.8, 4) is 0 Å². The van der Waals surface area contributed by atoms with Gasteiger partial charge in [0.25, 0.3) is 0 Å². The number of hydrogen-bond donors (Lipinski definition) is 0. The number of rotatable bonds is 9. The number of carbonyl (C=O) groups excluding carboxylic acids is 1. The molecule has 0 saturated carbocycles. The minimum absolute atomic E-state index is 0.112. The molecule has 3 nitrogen and oxygen atoms in total. The van der Waals surface area contributed by atoms with Crippen molar-refractivity contribution in [2.75, 3.05) is 19.3 Å². The summed E-state index contributed by atoms with van der Waals surface area (Å²) in [5, 5.41) is 0.877. The van der Waals surface area contributed by atoms with Crippen molar-refractivity contribution < 1.29 is 18.3 Å². The van der Waals surface area contributed by atoms with E-state index in [1.54, 1.807) is 0 Å². The molecule has 0 aliphatic carbocycles. The van der Waals surface area contributed by atoms with Crippen LogP contribution in [0.1, 0.15) is 80.6 Å². The average Bonchev–Trinajstić information content (AvgIpc) is 2.85. The molecule has 0 aromatic rings. The van der Waals surface area contributed by atoms with E-state index in [1.807, 2.05) is 32.6 Å². The first-order valence-corrected chi connectivity index (χ1v) is 15.2. The van der Waals surface area contributed by atoms with Crippen LogP contribution in [0.15, 0.2) is 71.3 Å².